The van der Waals surface area contributed by atoms with Gasteiger partial charge < -0.3 is 15.2 Å². The third-order valence-electron chi connectivity index (χ3n) is 3.75. The molecule has 2 rings (SSSR count). The van der Waals surface area contributed by atoms with E-state index in [1.54, 1.807) is 24.3 Å². The number of hydrogen-bond donors (Lipinski definition) is 2. The maximum Gasteiger partial charge on any atom is 0.251 e. The van der Waals surface area contributed by atoms with Crippen LogP contribution in [0.25, 0.3) is 0 Å². The zero-order valence-corrected chi connectivity index (χ0v) is 12.6. The molecule has 4 nitrogen and oxygen atoms in total. The first-order chi connectivity index (χ1) is 9.23. The number of rotatable bonds is 3. The average Bonchev–Trinajstić information content (AvgIpc) is 2.57. The average molecular weight is 277 g/mol. The molecule has 1 saturated heterocycles. The Hall–Kier alpha value is -1.39. The molecule has 1 atom stereocenters. The first-order valence-electron chi connectivity index (χ1n) is 6.94. The van der Waals surface area contributed by atoms with Gasteiger partial charge in [0.05, 0.1) is 23.9 Å². The third-order valence-corrected chi connectivity index (χ3v) is 3.75. The van der Waals surface area contributed by atoms with Crippen molar-refractivity contribution >= 4 is 5.91 Å². The van der Waals surface area contributed by atoms with Crippen molar-refractivity contribution in [3.05, 3.63) is 35.4 Å². The highest BCUT2D eigenvalue weighted by atomic mass is 16.5. The van der Waals surface area contributed by atoms with Crippen LogP contribution in [0.4, 0.5) is 0 Å². The molecule has 20 heavy (non-hydrogen) atoms. The van der Waals surface area contributed by atoms with Gasteiger partial charge in [0.2, 0.25) is 0 Å². The minimum Gasteiger partial charge on any atom is -0.392 e. The highest BCUT2D eigenvalue weighted by Crippen LogP contribution is 2.37. The summed E-state index contributed by atoms with van der Waals surface area (Å²) in [5.41, 5.74) is 0.694. The van der Waals surface area contributed by atoms with E-state index in [-0.39, 0.29) is 29.8 Å². The second-order valence-corrected chi connectivity index (χ2v) is 6.55. The molecule has 0 aromatic heterocycles. The largest absolute Gasteiger partial charge is 0.392 e. The fourth-order valence-corrected chi connectivity index (χ4v) is 2.84. The van der Waals surface area contributed by atoms with Gasteiger partial charge in [-0.1, -0.05) is 12.1 Å². The minimum atomic E-state index is -0.381. The van der Waals surface area contributed by atoms with Crippen molar-refractivity contribution in [2.24, 2.45) is 0 Å². The first kappa shape index (κ1) is 15.0. The van der Waals surface area contributed by atoms with Crippen LogP contribution in [0.2, 0.25) is 0 Å². The number of carbonyl (C=O) groups is 1. The Bertz CT molecular complexity index is 508. The number of amides is 1. The molecule has 110 valence electrons. The van der Waals surface area contributed by atoms with E-state index in [1.165, 1.54) is 0 Å². The van der Waals surface area contributed by atoms with Crippen LogP contribution in [0, 0.1) is 0 Å². The summed E-state index contributed by atoms with van der Waals surface area (Å²) in [5, 5.41) is 12.2. The van der Waals surface area contributed by atoms with Crippen molar-refractivity contribution in [1.82, 2.24) is 5.32 Å². The van der Waals surface area contributed by atoms with Crippen molar-refractivity contribution in [3.8, 4) is 0 Å². The topological polar surface area (TPSA) is 58.6 Å². The van der Waals surface area contributed by atoms with Crippen molar-refractivity contribution in [2.45, 2.75) is 58.0 Å². The Morgan fingerprint density at radius 2 is 2.10 bits per heavy atom. The Morgan fingerprint density at radius 3 is 2.65 bits per heavy atom. The number of benzene rings is 1. The van der Waals surface area contributed by atoms with Gasteiger partial charge >= 0.3 is 0 Å². The van der Waals surface area contributed by atoms with Gasteiger partial charge in [0.15, 0.2) is 0 Å². The van der Waals surface area contributed by atoms with E-state index in [0.29, 0.717) is 5.56 Å². The molecule has 0 radical (unpaired) electrons. The predicted molar refractivity (Wildman–Crippen MR) is 77.5 cm³/mol. The van der Waals surface area contributed by atoms with Gasteiger partial charge in [0.1, 0.15) is 0 Å². The monoisotopic (exact) mass is 277 g/mol. The number of aliphatic hydroxyl groups excluding tert-OH is 1. The predicted octanol–water partition coefficient (Wildman–Crippen LogP) is 2.25. The number of nitrogens with one attached hydrogen (secondary N) is 1. The second kappa shape index (κ2) is 5.19. The number of hydrogen-bond acceptors (Lipinski definition) is 3. The number of carbonyl (C=O) groups excluding carboxylic acids is 1. The molecule has 1 aromatic carbocycles. The van der Waals surface area contributed by atoms with Crippen LogP contribution in [-0.2, 0) is 11.3 Å². The van der Waals surface area contributed by atoms with Crippen LogP contribution < -0.4 is 5.32 Å². The Labute approximate surface area is 120 Å². The zero-order chi connectivity index (χ0) is 15.0. The van der Waals surface area contributed by atoms with E-state index in [1.807, 2.05) is 27.7 Å². The molecule has 1 aliphatic heterocycles. The Kier molecular flexibility index (Phi) is 3.89. The molecule has 2 N–H and O–H groups in total. The molecular weight excluding hydrogens is 254 g/mol. The summed E-state index contributed by atoms with van der Waals surface area (Å²) in [6.45, 7) is 8.00. The molecule has 1 heterocycles. The Balaban J connectivity index is 2.11. The van der Waals surface area contributed by atoms with Crippen LogP contribution in [0.15, 0.2) is 24.3 Å². The molecule has 4 heteroatoms. The summed E-state index contributed by atoms with van der Waals surface area (Å²) >= 11 is 0. The summed E-state index contributed by atoms with van der Waals surface area (Å²) in [5.74, 6) is -0.125. The zero-order valence-electron chi connectivity index (χ0n) is 12.6. The minimum absolute atomic E-state index is 0.0252. The molecular formula is C16H23NO3. The molecule has 0 bridgehead atoms. The summed E-state index contributed by atoms with van der Waals surface area (Å²) in [6, 6.07) is 7.01. The summed E-state index contributed by atoms with van der Waals surface area (Å²) in [6.07, 6.45) is 0.783. The van der Waals surface area contributed by atoms with E-state index >= 15 is 0 Å². The summed E-state index contributed by atoms with van der Waals surface area (Å²) in [7, 11) is 0. The van der Waals surface area contributed by atoms with Gasteiger partial charge in [0.25, 0.3) is 5.91 Å². The van der Waals surface area contributed by atoms with Gasteiger partial charge in [-0.3, -0.25) is 4.79 Å². The summed E-state index contributed by atoms with van der Waals surface area (Å²) in [4.78, 5) is 12.3. The van der Waals surface area contributed by atoms with Crippen LogP contribution in [0.5, 0.6) is 0 Å². The second-order valence-electron chi connectivity index (χ2n) is 6.55. The van der Waals surface area contributed by atoms with Gasteiger partial charge in [-0.05, 0) is 51.8 Å². The SMILES string of the molecule is CC1(C)CC(NC(=O)c2cccc(CO)c2)C(C)(C)O1. The fourth-order valence-electron chi connectivity index (χ4n) is 2.84. The lowest BCUT2D eigenvalue weighted by Gasteiger charge is -2.27. The first-order valence-corrected chi connectivity index (χ1v) is 6.94. The molecule has 1 unspecified atom stereocenters. The van der Waals surface area contributed by atoms with Crippen LogP contribution in [0.1, 0.15) is 50.0 Å². The highest BCUT2D eigenvalue weighted by Gasteiger charge is 2.46. The number of ether oxygens (including phenoxy) is 1. The van der Waals surface area contributed by atoms with Crippen LogP contribution in [-0.4, -0.2) is 28.3 Å². The van der Waals surface area contributed by atoms with Crippen molar-refractivity contribution in [2.75, 3.05) is 0 Å². The normalized spacial score (nSPS) is 23.6. The lowest BCUT2D eigenvalue weighted by Crippen LogP contribution is -2.46. The highest BCUT2D eigenvalue weighted by molar-refractivity contribution is 5.94. The molecule has 0 spiro atoms. The molecule has 0 saturated carbocycles. The van der Waals surface area contributed by atoms with Crippen molar-refractivity contribution in [3.63, 3.8) is 0 Å². The quantitative estimate of drug-likeness (QED) is 0.891. The lowest BCUT2D eigenvalue weighted by atomic mass is 9.94. The molecule has 1 aliphatic rings. The molecule has 1 amide bonds. The standard InChI is InChI=1S/C16H23NO3/c1-15(2)9-13(16(3,4)20-15)17-14(19)12-7-5-6-11(8-12)10-18/h5-8,13,18H,9-10H2,1-4H3,(H,17,19). The summed E-state index contributed by atoms with van der Waals surface area (Å²) < 4.78 is 5.98. The van der Waals surface area contributed by atoms with Crippen molar-refractivity contribution < 1.29 is 14.6 Å². The van der Waals surface area contributed by atoms with Gasteiger partial charge in [0, 0.05) is 5.56 Å². The fraction of sp³-hybridized carbons (Fsp3) is 0.562. The van der Waals surface area contributed by atoms with Crippen LogP contribution >= 0.6 is 0 Å². The third kappa shape index (κ3) is 3.19. The smallest absolute Gasteiger partial charge is 0.251 e. The van der Waals surface area contributed by atoms with E-state index in [4.69, 9.17) is 9.84 Å². The van der Waals surface area contributed by atoms with Gasteiger partial charge in [-0.15, -0.1) is 0 Å². The molecule has 1 fully saturated rings. The molecule has 0 aliphatic carbocycles. The lowest BCUT2D eigenvalue weighted by molar-refractivity contribution is -0.0693. The van der Waals surface area contributed by atoms with E-state index in [0.717, 1.165) is 12.0 Å². The molecule has 1 aromatic rings. The van der Waals surface area contributed by atoms with Crippen molar-refractivity contribution in [1.29, 1.82) is 0 Å². The van der Waals surface area contributed by atoms with Gasteiger partial charge in [-0.2, -0.15) is 0 Å². The van der Waals surface area contributed by atoms with E-state index in [2.05, 4.69) is 5.32 Å². The number of aliphatic hydroxyl groups is 1. The maximum atomic E-state index is 12.3. The Morgan fingerprint density at radius 1 is 1.40 bits per heavy atom. The van der Waals surface area contributed by atoms with Gasteiger partial charge in [-0.25, -0.2) is 0 Å². The maximum absolute atomic E-state index is 12.3. The van der Waals surface area contributed by atoms with E-state index in [9.17, 15) is 4.79 Å². The van der Waals surface area contributed by atoms with Crippen LogP contribution in [0.3, 0.4) is 0 Å². The van der Waals surface area contributed by atoms with E-state index < -0.39 is 0 Å².